The van der Waals surface area contributed by atoms with Crippen LogP contribution in [0.1, 0.15) is 39.0 Å². The summed E-state index contributed by atoms with van der Waals surface area (Å²) >= 11 is 0. The van der Waals surface area contributed by atoms with Crippen molar-refractivity contribution in [3.8, 4) is 0 Å². The molecule has 2 aromatic rings. The first-order chi connectivity index (χ1) is 14.7. The summed E-state index contributed by atoms with van der Waals surface area (Å²) in [5.41, 5.74) is 0.204. The Labute approximate surface area is 178 Å². The first-order valence-corrected chi connectivity index (χ1v) is 11.3. The highest BCUT2D eigenvalue weighted by molar-refractivity contribution is 5.54. The van der Waals surface area contributed by atoms with E-state index in [-0.39, 0.29) is 11.2 Å². The molecule has 1 fully saturated rings. The third-order valence-electron chi connectivity index (χ3n) is 5.72. The van der Waals surface area contributed by atoms with Crippen LogP contribution >= 0.6 is 0 Å². The third-order valence-corrected chi connectivity index (χ3v) is 5.72. The highest BCUT2D eigenvalue weighted by atomic mass is 16.2. The van der Waals surface area contributed by atoms with Gasteiger partial charge in [-0.3, -0.25) is 14.3 Å². The summed E-state index contributed by atoms with van der Waals surface area (Å²) in [4.78, 5) is 32.5. The SMILES string of the molecule is CCCCCN1CCN(CCCCn2c(=O)cc(Nc3ccccc3)[nH]c2=O)CC1. The molecule has 0 unspecified atom stereocenters. The predicted molar refractivity (Wildman–Crippen MR) is 123 cm³/mol. The number of unbranched alkanes of at least 4 members (excludes halogenated alkanes) is 3. The minimum atomic E-state index is -0.360. The van der Waals surface area contributed by atoms with Gasteiger partial charge in [0.1, 0.15) is 5.82 Å². The van der Waals surface area contributed by atoms with E-state index < -0.39 is 0 Å². The van der Waals surface area contributed by atoms with Gasteiger partial charge in [0, 0.05) is 44.5 Å². The second-order valence-corrected chi connectivity index (χ2v) is 8.07. The average Bonchev–Trinajstić information content (AvgIpc) is 2.74. The van der Waals surface area contributed by atoms with Crippen LogP contribution < -0.4 is 16.6 Å². The molecule has 0 bridgehead atoms. The molecule has 1 saturated heterocycles. The minimum Gasteiger partial charge on any atom is -0.342 e. The Bertz CT molecular complexity index is 838. The van der Waals surface area contributed by atoms with Gasteiger partial charge < -0.3 is 15.1 Å². The molecule has 1 aliphatic rings. The number of aromatic nitrogens is 2. The summed E-state index contributed by atoms with van der Waals surface area (Å²) < 4.78 is 1.29. The molecule has 7 heteroatoms. The number of H-pyrrole nitrogens is 1. The Balaban J connectivity index is 1.40. The van der Waals surface area contributed by atoms with Crippen LogP contribution in [0.3, 0.4) is 0 Å². The van der Waals surface area contributed by atoms with Crippen LogP contribution in [-0.4, -0.2) is 58.6 Å². The molecular formula is C23H35N5O2. The van der Waals surface area contributed by atoms with E-state index in [4.69, 9.17) is 0 Å². The van der Waals surface area contributed by atoms with E-state index in [9.17, 15) is 9.59 Å². The molecule has 0 amide bonds. The Hall–Kier alpha value is -2.38. The quantitative estimate of drug-likeness (QED) is 0.554. The molecule has 0 saturated carbocycles. The Morgan fingerprint density at radius 2 is 1.47 bits per heavy atom. The zero-order valence-corrected chi connectivity index (χ0v) is 18.1. The number of hydrogen-bond donors (Lipinski definition) is 2. The smallest absolute Gasteiger partial charge is 0.329 e. The fraction of sp³-hybridized carbons (Fsp3) is 0.565. The molecule has 0 radical (unpaired) electrons. The van der Waals surface area contributed by atoms with Crippen LogP contribution in [0.4, 0.5) is 11.5 Å². The maximum atomic E-state index is 12.4. The van der Waals surface area contributed by atoms with Crippen LogP contribution in [0.5, 0.6) is 0 Å². The fourth-order valence-electron chi connectivity index (χ4n) is 3.90. The van der Waals surface area contributed by atoms with Crippen LogP contribution in [0.25, 0.3) is 0 Å². The molecule has 0 spiro atoms. The number of benzene rings is 1. The molecule has 164 valence electrons. The van der Waals surface area contributed by atoms with Crippen LogP contribution in [0.15, 0.2) is 46.0 Å². The molecule has 3 rings (SSSR count). The molecule has 2 heterocycles. The molecule has 2 N–H and O–H groups in total. The van der Waals surface area contributed by atoms with Crippen LogP contribution in [0.2, 0.25) is 0 Å². The lowest BCUT2D eigenvalue weighted by atomic mass is 10.2. The number of rotatable bonds is 11. The third kappa shape index (κ3) is 6.85. The van der Waals surface area contributed by atoms with Crippen LogP contribution in [-0.2, 0) is 6.54 Å². The van der Waals surface area contributed by atoms with Crippen molar-refractivity contribution in [1.29, 1.82) is 0 Å². The minimum absolute atomic E-state index is 0.266. The molecule has 1 aromatic carbocycles. The van der Waals surface area contributed by atoms with Crippen LogP contribution in [0, 0.1) is 0 Å². The number of aromatic amines is 1. The van der Waals surface area contributed by atoms with Crippen molar-refractivity contribution in [2.24, 2.45) is 0 Å². The van der Waals surface area contributed by atoms with E-state index >= 15 is 0 Å². The van der Waals surface area contributed by atoms with E-state index in [2.05, 4.69) is 27.0 Å². The van der Waals surface area contributed by atoms with Gasteiger partial charge in [0.25, 0.3) is 5.56 Å². The number of piperazine rings is 1. The first-order valence-electron chi connectivity index (χ1n) is 11.3. The van der Waals surface area contributed by atoms with Crippen molar-refractivity contribution in [2.45, 2.75) is 45.6 Å². The summed E-state index contributed by atoms with van der Waals surface area (Å²) in [6.45, 7) is 9.49. The summed E-state index contributed by atoms with van der Waals surface area (Å²) in [6, 6.07) is 10.9. The molecule has 1 aromatic heterocycles. The molecule has 1 aliphatic heterocycles. The second-order valence-electron chi connectivity index (χ2n) is 8.07. The van der Waals surface area contributed by atoms with Crippen molar-refractivity contribution in [3.05, 3.63) is 57.2 Å². The fourth-order valence-corrected chi connectivity index (χ4v) is 3.90. The van der Waals surface area contributed by atoms with Gasteiger partial charge in [0.2, 0.25) is 0 Å². The van der Waals surface area contributed by atoms with Crippen molar-refractivity contribution in [2.75, 3.05) is 44.6 Å². The number of nitrogens with zero attached hydrogens (tertiary/aromatic N) is 3. The normalized spacial score (nSPS) is 15.4. The van der Waals surface area contributed by atoms with Gasteiger partial charge in [-0.1, -0.05) is 38.0 Å². The highest BCUT2D eigenvalue weighted by Crippen LogP contribution is 2.11. The predicted octanol–water partition coefficient (Wildman–Crippen LogP) is 2.87. The molecular weight excluding hydrogens is 378 g/mol. The van der Waals surface area contributed by atoms with Gasteiger partial charge in [-0.15, -0.1) is 0 Å². The zero-order valence-electron chi connectivity index (χ0n) is 18.1. The van der Waals surface area contributed by atoms with Crippen molar-refractivity contribution in [3.63, 3.8) is 0 Å². The molecule has 0 aliphatic carbocycles. The topological polar surface area (TPSA) is 73.4 Å². The van der Waals surface area contributed by atoms with E-state index in [0.717, 1.165) is 51.3 Å². The summed E-state index contributed by atoms with van der Waals surface area (Å²) in [5, 5.41) is 3.06. The molecule has 0 atom stereocenters. The van der Waals surface area contributed by atoms with Gasteiger partial charge in [-0.25, -0.2) is 4.79 Å². The highest BCUT2D eigenvalue weighted by Gasteiger charge is 2.15. The average molecular weight is 414 g/mol. The summed E-state index contributed by atoms with van der Waals surface area (Å²) in [5.74, 6) is 0.421. The number of para-hydroxylation sites is 1. The van der Waals surface area contributed by atoms with E-state index in [1.165, 1.54) is 36.4 Å². The Kier molecular flexibility index (Phi) is 8.71. The second kappa shape index (κ2) is 11.7. The number of anilines is 2. The number of hydrogen-bond acceptors (Lipinski definition) is 5. The number of nitrogens with one attached hydrogen (secondary N) is 2. The van der Waals surface area contributed by atoms with E-state index in [0.29, 0.717) is 12.4 Å². The zero-order chi connectivity index (χ0) is 21.2. The van der Waals surface area contributed by atoms with Gasteiger partial charge in [-0.05, 0) is 44.5 Å². The van der Waals surface area contributed by atoms with Gasteiger partial charge in [0.15, 0.2) is 0 Å². The lowest BCUT2D eigenvalue weighted by Crippen LogP contribution is -2.46. The van der Waals surface area contributed by atoms with E-state index in [1.54, 1.807) is 0 Å². The Morgan fingerprint density at radius 1 is 0.867 bits per heavy atom. The lowest BCUT2D eigenvalue weighted by molar-refractivity contribution is 0.129. The van der Waals surface area contributed by atoms with Crippen molar-refractivity contribution >= 4 is 11.5 Å². The lowest BCUT2D eigenvalue weighted by Gasteiger charge is -2.34. The van der Waals surface area contributed by atoms with Crippen molar-refractivity contribution in [1.82, 2.24) is 19.4 Å². The molecule has 30 heavy (non-hydrogen) atoms. The van der Waals surface area contributed by atoms with Gasteiger partial charge >= 0.3 is 5.69 Å². The standard InChI is InChI=1S/C23H35N5O2/c1-2-3-7-12-26-15-17-27(18-16-26)13-8-9-14-28-22(29)19-21(25-23(28)30)24-20-10-5-4-6-11-20/h4-6,10-11,19,24H,2-3,7-9,12-18H2,1H3,(H,25,30). The van der Waals surface area contributed by atoms with Crippen molar-refractivity contribution < 1.29 is 0 Å². The maximum absolute atomic E-state index is 12.4. The van der Waals surface area contributed by atoms with E-state index in [1.807, 2.05) is 30.3 Å². The van der Waals surface area contributed by atoms with Gasteiger partial charge in [0.05, 0.1) is 0 Å². The largest absolute Gasteiger partial charge is 0.342 e. The van der Waals surface area contributed by atoms with Gasteiger partial charge in [-0.2, -0.15) is 0 Å². The Morgan fingerprint density at radius 3 is 2.07 bits per heavy atom. The molecule has 7 nitrogen and oxygen atoms in total. The monoisotopic (exact) mass is 413 g/mol. The summed E-state index contributed by atoms with van der Waals surface area (Å²) in [7, 11) is 0. The first kappa shape index (κ1) is 22.3. The summed E-state index contributed by atoms with van der Waals surface area (Å²) in [6.07, 6.45) is 5.72. The maximum Gasteiger partial charge on any atom is 0.329 e.